The predicted octanol–water partition coefficient (Wildman–Crippen LogP) is 3.50. The standard InChI is InChI=1S/C18H19NO2/c20-18(19-12-4-5-13-19)16-8-10-17(11-9-16)21-14-15-6-2-1-3-7-15/h1-3,6-11H,4-5,12-14H2. The zero-order valence-corrected chi connectivity index (χ0v) is 12.0. The summed E-state index contributed by atoms with van der Waals surface area (Å²) >= 11 is 0. The monoisotopic (exact) mass is 281 g/mol. The van der Waals surface area contributed by atoms with E-state index < -0.39 is 0 Å². The summed E-state index contributed by atoms with van der Waals surface area (Å²) in [6.45, 7) is 2.30. The summed E-state index contributed by atoms with van der Waals surface area (Å²) in [6, 6.07) is 17.5. The van der Waals surface area contributed by atoms with Crippen LogP contribution in [0.3, 0.4) is 0 Å². The molecule has 1 amide bonds. The van der Waals surface area contributed by atoms with Crippen molar-refractivity contribution in [3.8, 4) is 5.75 Å². The van der Waals surface area contributed by atoms with Crippen molar-refractivity contribution in [3.63, 3.8) is 0 Å². The fraction of sp³-hybridized carbons (Fsp3) is 0.278. The van der Waals surface area contributed by atoms with E-state index in [1.807, 2.05) is 59.5 Å². The molecule has 1 saturated heterocycles. The number of rotatable bonds is 4. The van der Waals surface area contributed by atoms with Crippen LogP contribution in [-0.2, 0) is 6.61 Å². The molecule has 0 aliphatic carbocycles. The van der Waals surface area contributed by atoms with Gasteiger partial charge in [0.25, 0.3) is 5.91 Å². The first-order chi connectivity index (χ1) is 10.3. The molecule has 0 radical (unpaired) electrons. The Hall–Kier alpha value is -2.29. The largest absolute Gasteiger partial charge is 0.489 e. The summed E-state index contributed by atoms with van der Waals surface area (Å²) < 4.78 is 5.73. The second-order valence-corrected chi connectivity index (χ2v) is 5.30. The molecular formula is C18H19NO2. The van der Waals surface area contributed by atoms with Gasteiger partial charge in [0.1, 0.15) is 12.4 Å². The Labute approximate surface area is 125 Å². The maximum absolute atomic E-state index is 12.2. The van der Waals surface area contributed by atoms with E-state index in [4.69, 9.17) is 4.74 Å². The highest BCUT2D eigenvalue weighted by molar-refractivity contribution is 5.94. The second-order valence-electron chi connectivity index (χ2n) is 5.30. The summed E-state index contributed by atoms with van der Waals surface area (Å²) in [5.41, 5.74) is 1.87. The number of nitrogens with zero attached hydrogens (tertiary/aromatic N) is 1. The third-order valence-corrected chi connectivity index (χ3v) is 3.74. The second kappa shape index (κ2) is 6.44. The normalized spacial score (nSPS) is 14.2. The first kappa shape index (κ1) is 13.7. The van der Waals surface area contributed by atoms with Crippen LogP contribution in [0.5, 0.6) is 5.75 Å². The van der Waals surface area contributed by atoms with Crippen molar-refractivity contribution in [2.45, 2.75) is 19.4 Å². The van der Waals surface area contributed by atoms with E-state index >= 15 is 0 Å². The molecule has 3 heteroatoms. The van der Waals surface area contributed by atoms with Crippen LogP contribution >= 0.6 is 0 Å². The number of likely N-dealkylation sites (tertiary alicyclic amines) is 1. The molecule has 0 N–H and O–H groups in total. The molecule has 1 fully saturated rings. The zero-order chi connectivity index (χ0) is 14.5. The van der Waals surface area contributed by atoms with Crippen LogP contribution in [0.25, 0.3) is 0 Å². The van der Waals surface area contributed by atoms with Gasteiger partial charge in [-0.1, -0.05) is 30.3 Å². The number of carbonyl (C=O) groups is 1. The quantitative estimate of drug-likeness (QED) is 0.858. The Balaban J connectivity index is 1.60. The van der Waals surface area contributed by atoms with Crippen molar-refractivity contribution in [3.05, 3.63) is 65.7 Å². The number of hydrogen-bond acceptors (Lipinski definition) is 2. The third-order valence-electron chi connectivity index (χ3n) is 3.74. The number of ether oxygens (including phenoxy) is 1. The van der Waals surface area contributed by atoms with Gasteiger partial charge in [-0.25, -0.2) is 0 Å². The molecular weight excluding hydrogens is 262 g/mol. The van der Waals surface area contributed by atoms with Gasteiger partial charge in [0.2, 0.25) is 0 Å². The maximum atomic E-state index is 12.2. The van der Waals surface area contributed by atoms with Gasteiger partial charge in [0.05, 0.1) is 0 Å². The summed E-state index contributed by atoms with van der Waals surface area (Å²) in [5, 5.41) is 0. The lowest BCUT2D eigenvalue weighted by Gasteiger charge is -2.15. The van der Waals surface area contributed by atoms with Gasteiger partial charge in [-0.3, -0.25) is 4.79 Å². The van der Waals surface area contributed by atoms with Gasteiger partial charge in [-0.05, 0) is 42.7 Å². The van der Waals surface area contributed by atoms with Crippen molar-refractivity contribution in [1.82, 2.24) is 4.90 Å². The average molecular weight is 281 g/mol. The van der Waals surface area contributed by atoms with Gasteiger partial charge < -0.3 is 9.64 Å². The van der Waals surface area contributed by atoms with Crippen LogP contribution in [0.4, 0.5) is 0 Å². The summed E-state index contributed by atoms with van der Waals surface area (Å²) in [6.07, 6.45) is 2.23. The van der Waals surface area contributed by atoms with E-state index in [0.717, 1.165) is 42.8 Å². The highest BCUT2D eigenvalue weighted by Gasteiger charge is 2.19. The highest BCUT2D eigenvalue weighted by atomic mass is 16.5. The molecule has 0 unspecified atom stereocenters. The fourth-order valence-corrected chi connectivity index (χ4v) is 2.54. The van der Waals surface area contributed by atoms with Gasteiger partial charge in [-0.15, -0.1) is 0 Å². The Morgan fingerprint density at radius 2 is 1.62 bits per heavy atom. The van der Waals surface area contributed by atoms with E-state index in [-0.39, 0.29) is 5.91 Å². The molecule has 0 bridgehead atoms. The van der Waals surface area contributed by atoms with Gasteiger partial charge >= 0.3 is 0 Å². The van der Waals surface area contributed by atoms with Crippen LogP contribution in [0.15, 0.2) is 54.6 Å². The molecule has 21 heavy (non-hydrogen) atoms. The lowest BCUT2D eigenvalue weighted by Crippen LogP contribution is -2.27. The molecule has 2 aromatic rings. The van der Waals surface area contributed by atoms with Crippen molar-refractivity contribution < 1.29 is 9.53 Å². The zero-order valence-electron chi connectivity index (χ0n) is 12.0. The third kappa shape index (κ3) is 3.43. The summed E-state index contributed by atoms with van der Waals surface area (Å²) in [4.78, 5) is 14.1. The Bertz CT molecular complexity index is 586. The molecule has 0 saturated carbocycles. The van der Waals surface area contributed by atoms with Crippen molar-refractivity contribution in [2.24, 2.45) is 0 Å². The minimum absolute atomic E-state index is 0.127. The highest BCUT2D eigenvalue weighted by Crippen LogP contribution is 2.17. The first-order valence-electron chi connectivity index (χ1n) is 7.39. The summed E-state index contributed by atoms with van der Waals surface area (Å²) in [7, 11) is 0. The predicted molar refractivity (Wildman–Crippen MR) is 82.4 cm³/mol. The van der Waals surface area contributed by atoms with Crippen LogP contribution in [0, 0.1) is 0 Å². The van der Waals surface area contributed by atoms with Crippen LogP contribution in [0.1, 0.15) is 28.8 Å². The molecule has 3 rings (SSSR count). The number of carbonyl (C=O) groups excluding carboxylic acids is 1. The van der Waals surface area contributed by atoms with E-state index in [9.17, 15) is 4.79 Å². The van der Waals surface area contributed by atoms with Crippen LogP contribution in [-0.4, -0.2) is 23.9 Å². The van der Waals surface area contributed by atoms with E-state index in [1.165, 1.54) is 0 Å². The Morgan fingerprint density at radius 3 is 2.29 bits per heavy atom. The molecule has 0 spiro atoms. The van der Waals surface area contributed by atoms with Gasteiger partial charge in [-0.2, -0.15) is 0 Å². The molecule has 0 aromatic heterocycles. The molecule has 3 nitrogen and oxygen atoms in total. The van der Waals surface area contributed by atoms with Crippen LogP contribution < -0.4 is 4.74 Å². The molecule has 2 aromatic carbocycles. The van der Waals surface area contributed by atoms with Gasteiger partial charge in [0, 0.05) is 18.7 Å². The topological polar surface area (TPSA) is 29.5 Å². The lowest BCUT2D eigenvalue weighted by atomic mass is 10.2. The number of benzene rings is 2. The minimum Gasteiger partial charge on any atom is -0.489 e. The smallest absolute Gasteiger partial charge is 0.253 e. The van der Waals surface area contributed by atoms with Crippen molar-refractivity contribution in [2.75, 3.05) is 13.1 Å². The fourth-order valence-electron chi connectivity index (χ4n) is 2.54. The maximum Gasteiger partial charge on any atom is 0.253 e. The van der Waals surface area contributed by atoms with Crippen LogP contribution in [0.2, 0.25) is 0 Å². The van der Waals surface area contributed by atoms with Gasteiger partial charge in [0.15, 0.2) is 0 Å². The first-order valence-corrected chi connectivity index (χ1v) is 7.39. The number of amides is 1. The van der Waals surface area contributed by atoms with Crippen molar-refractivity contribution in [1.29, 1.82) is 0 Å². The summed E-state index contributed by atoms with van der Waals surface area (Å²) in [5.74, 6) is 0.916. The average Bonchev–Trinajstić information content (AvgIpc) is 3.08. The molecule has 1 heterocycles. The van der Waals surface area contributed by atoms with E-state index in [0.29, 0.717) is 6.61 Å². The minimum atomic E-state index is 0.127. The van der Waals surface area contributed by atoms with E-state index in [1.54, 1.807) is 0 Å². The number of hydrogen-bond donors (Lipinski definition) is 0. The SMILES string of the molecule is O=C(c1ccc(OCc2ccccc2)cc1)N1CCCC1. The Kier molecular flexibility index (Phi) is 4.20. The lowest BCUT2D eigenvalue weighted by molar-refractivity contribution is 0.0793. The molecule has 0 atom stereocenters. The molecule has 1 aliphatic rings. The molecule has 108 valence electrons. The van der Waals surface area contributed by atoms with E-state index in [2.05, 4.69) is 0 Å². The Morgan fingerprint density at radius 1 is 0.952 bits per heavy atom. The van der Waals surface area contributed by atoms with Crippen molar-refractivity contribution >= 4 is 5.91 Å². The molecule has 1 aliphatic heterocycles.